The normalized spacial score (nSPS) is 14.9. The summed E-state index contributed by atoms with van der Waals surface area (Å²) in [6.45, 7) is 7.80. The van der Waals surface area contributed by atoms with E-state index in [0.717, 1.165) is 20.4 Å². The summed E-state index contributed by atoms with van der Waals surface area (Å²) in [5, 5.41) is 0. The lowest BCUT2D eigenvalue weighted by molar-refractivity contribution is -0.139. The van der Waals surface area contributed by atoms with E-state index in [1.807, 2.05) is 55.4 Å². The SMILES string of the molecule is C=CCOc1c(I)cc(/C=c2/sc3n(c2=O)[C@@H](c2ccc(N(C)C)cc2)C(C(=O)OCC)=C(C)N=3)cc1OC. The first-order chi connectivity index (χ1) is 18.7. The first-order valence-corrected chi connectivity index (χ1v) is 14.2. The largest absolute Gasteiger partial charge is 0.493 e. The van der Waals surface area contributed by atoms with Crippen molar-refractivity contribution < 1.29 is 19.0 Å². The van der Waals surface area contributed by atoms with Crippen molar-refractivity contribution >= 4 is 51.7 Å². The molecule has 0 saturated heterocycles. The molecule has 1 aliphatic heterocycles. The van der Waals surface area contributed by atoms with E-state index in [0.29, 0.717) is 38.7 Å². The molecule has 204 valence electrons. The fourth-order valence-corrected chi connectivity index (χ4v) is 6.15. The van der Waals surface area contributed by atoms with E-state index in [2.05, 4.69) is 34.2 Å². The molecule has 1 atom stereocenters. The van der Waals surface area contributed by atoms with Crippen LogP contribution < -0.4 is 29.3 Å². The van der Waals surface area contributed by atoms with Crippen molar-refractivity contribution in [3.05, 3.63) is 94.7 Å². The fourth-order valence-electron chi connectivity index (χ4n) is 4.32. The standard InChI is InChI=1S/C29H30IN3O5S/c1-7-13-38-26-21(30)14-18(15-22(26)36-6)16-23-27(34)33-25(19-9-11-20(12-10-19)32(4)5)24(28(35)37-8-2)17(3)31-29(33)39-23/h7,9-12,14-16,25H,1,8,13H2,2-6H3/b23-16+/t25-/m0/s1. The van der Waals surface area contributed by atoms with Gasteiger partial charge in [-0.3, -0.25) is 9.36 Å². The van der Waals surface area contributed by atoms with Crippen molar-refractivity contribution in [1.29, 1.82) is 0 Å². The van der Waals surface area contributed by atoms with Gasteiger partial charge in [0.15, 0.2) is 16.3 Å². The maximum atomic E-state index is 13.9. The number of methoxy groups -OCH3 is 1. The molecule has 4 rings (SSSR count). The Hall–Kier alpha value is -3.38. The number of fused-ring (bicyclic) bond motifs is 1. The first-order valence-electron chi connectivity index (χ1n) is 12.3. The zero-order valence-electron chi connectivity index (χ0n) is 22.5. The van der Waals surface area contributed by atoms with Crippen LogP contribution in [0.3, 0.4) is 0 Å². The van der Waals surface area contributed by atoms with Gasteiger partial charge in [-0.15, -0.1) is 0 Å². The zero-order chi connectivity index (χ0) is 28.3. The second-order valence-corrected chi connectivity index (χ2v) is 11.1. The highest BCUT2D eigenvalue weighted by molar-refractivity contribution is 14.1. The molecule has 0 amide bonds. The van der Waals surface area contributed by atoms with Gasteiger partial charge in [-0.1, -0.05) is 36.1 Å². The summed E-state index contributed by atoms with van der Waals surface area (Å²) in [6.07, 6.45) is 3.47. The van der Waals surface area contributed by atoms with Crippen LogP contribution >= 0.6 is 33.9 Å². The Morgan fingerprint density at radius 1 is 1.26 bits per heavy atom. The highest BCUT2D eigenvalue weighted by atomic mass is 127. The van der Waals surface area contributed by atoms with Crippen molar-refractivity contribution in [1.82, 2.24) is 4.57 Å². The lowest BCUT2D eigenvalue weighted by Gasteiger charge is -2.25. The van der Waals surface area contributed by atoms with E-state index in [9.17, 15) is 9.59 Å². The van der Waals surface area contributed by atoms with Gasteiger partial charge in [-0.05, 0) is 77.9 Å². The van der Waals surface area contributed by atoms with Crippen LogP contribution in [-0.2, 0) is 9.53 Å². The molecule has 0 saturated carbocycles. The number of benzene rings is 2. The number of allylic oxidation sites excluding steroid dienone is 1. The Labute approximate surface area is 244 Å². The van der Waals surface area contributed by atoms with Crippen molar-refractivity contribution in [2.45, 2.75) is 19.9 Å². The quantitative estimate of drug-likeness (QED) is 0.196. The highest BCUT2D eigenvalue weighted by Crippen LogP contribution is 2.34. The fraction of sp³-hybridized carbons (Fsp3) is 0.276. The maximum Gasteiger partial charge on any atom is 0.338 e. The maximum absolute atomic E-state index is 13.9. The van der Waals surface area contributed by atoms with Gasteiger partial charge in [0, 0.05) is 19.8 Å². The molecule has 39 heavy (non-hydrogen) atoms. The molecule has 0 spiro atoms. The summed E-state index contributed by atoms with van der Waals surface area (Å²) < 4.78 is 19.6. The van der Waals surface area contributed by atoms with Gasteiger partial charge < -0.3 is 19.1 Å². The number of carbonyl (C=O) groups excluding carboxylic acids is 1. The summed E-state index contributed by atoms with van der Waals surface area (Å²) in [5.74, 6) is 0.693. The average molecular weight is 660 g/mol. The lowest BCUT2D eigenvalue weighted by Crippen LogP contribution is -2.39. The van der Waals surface area contributed by atoms with Gasteiger partial charge in [-0.2, -0.15) is 0 Å². The Morgan fingerprint density at radius 2 is 1.97 bits per heavy atom. The molecule has 10 heteroatoms. The minimum absolute atomic E-state index is 0.222. The molecule has 2 aromatic carbocycles. The minimum Gasteiger partial charge on any atom is -0.493 e. The van der Waals surface area contributed by atoms with Gasteiger partial charge in [0.1, 0.15) is 6.61 Å². The van der Waals surface area contributed by atoms with Gasteiger partial charge in [-0.25, -0.2) is 9.79 Å². The number of ether oxygens (including phenoxy) is 3. The lowest BCUT2D eigenvalue weighted by atomic mass is 9.95. The molecule has 8 nitrogen and oxygen atoms in total. The van der Waals surface area contributed by atoms with Gasteiger partial charge >= 0.3 is 5.97 Å². The van der Waals surface area contributed by atoms with E-state index in [1.54, 1.807) is 37.7 Å². The van der Waals surface area contributed by atoms with E-state index >= 15 is 0 Å². The third-order valence-electron chi connectivity index (χ3n) is 6.14. The van der Waals surface area contributed by atoms with Gasteiger partial charge in [0.05, 0.1) is 39.1 Å². The van der Waals surface area contributed by atoms with Crippen LogP contribution in [0.25, 0.3) is 6.08 Å². The van der Waals surface area contributed by atoms with E-state index in [-0.39, 0.29) is 12.2 Å². The van der Waals surface area contributed by atoms with Crippen LogP contribution in [0.4, 0.5) is 5.69 Å². The molecular weight excluding hydrogens is 629 g/mol. The van der Waals surface area contributed by atoms with Gasteiger partial charge in [0.25, 0.3) is 5.56 Å². The van der Waals surface area contributed by atoms with Crippen LogP contribution in [0.1, 0.15) is 31.0 Å². The van der Waals surface area contributed by atoms with E-state index < -0.39 is 12.0 Å². The Bertz CT molecular complexity index is 1620. The Balaban J connectivity index is 1.89. The molecule has 0 radical (unpaired) electrons. The van der Waals surface area contributed by atoms with Crippen molar-refractivity contribution in [2.75, 3.05) is 39.3 Å². The zero-order valence-corrected chi connectivity index (χ0v) is 25.5. The predicted molar refractivity (Wildman–Crippen MR) is 163 cm³/mol. The van der Waals surface area contributed by atoms with Crippen LogP contribution in [0.2, 0.25) is 0 Å². The number of esters is 1. The van der Waals surface area contributed by atoms with Crippen LogP contribution in [0.5, 0.6) is 11.5 Å². The van der Waals surface area contributed by atoms with Gasteiger partial charge in [0.2, 0.25) is 0 Å². The molecule has 1 aromatic heterocycles. The molecular formula is C29H30IN3O5S. The number of aromatic nitrogens is 1. The summed E-state index contributed by atoms with van der Waals surface area (Å²) in [7, 11) is 5.49. The molecule has 3 aromatic rings. The predicted octanol–water partition coefficient (Wildman–Crippen LogP) is 4.04. The number of thiazole rings is 1. The number of hydrogen-bond donors (Lipinski definition) is 0. The summed E-state index contributed by atoms with van der Waals surface area (Å²) in [6, 6.07) is 10.9. The summed E-state index contributed by atoms with van der Waals surface area (Å²) in [4.78, 5) is 34.2. The minimum atomic E-state index is -0.664. The third-order valence-corrected chi connectivity index (χ3v) is 7.92. The van der Waals surface area contributed by atoms with Crippen molar-refractivity contribution in [3.63, 3.8) is 0 Å². The topological polar surface area (TPSA) is 82.4 Å². The number of halogens is 1. The summed E-state index contributed by atoms with van der Waals surface area (Å²) in [5.41, 5.74) is 3.23. The van der Waals surface area contributed by atoms with E-state index in [4.69, 9.17) is 14.2 Å². The first kappa shape index (κ1) is 28.6. The molecule has 1 aliphatic rings. The third kappa shape index (κ3) is 5.81. The smallest absolute Gasteiger partial charge is 0.338 e. The molecule has 2 heterocycles. The second kappa shape index (κ2) is 12.2. The number of rotatable bonds is 9. The molecule has 0 unspecified atom stereocenters. The Kier molecular flexibility index (Phi) is 8.96. The van der Waals surface area contributed by atoms with Crippen LogP contribution in [0, 0.1) is 3.57 Å². The van der Waals surface area contributed by atoms with Crippen molar-refractivity contribution in [3.8, 4) is 11.5 Å². The average Bonchev–Trinajstić information content (AvgIpc) is 3.21. The number of hydrogen-bond acceptors (Lipinski definition) is 8. The monoisotopic (exact) mass is 659 g/mol. The molecule has 0 bridgehead atoms. The highest BCUT2D eigenvalue weighted by Gasteiger charge is 2.33. The van der Waals surface area contributed by atoms with Crippen LogP contribution in [0.15, 0.2) is 70.1 Å². The number of carbonyl (C=O) groups is 1. The number of anilines is 1. The summed E-state index contributed by atoms with van der Waals surface area (Å²) >= 11 is 3.46. The molecule has 0 fully saturated rings. The van der Waals surface area contributed by atoms with Crippen molar-refractivity contribution in [2.24, 2.45) is 4.99 Å². The van der Waals surface area contributed by atoms with Crippen LogP contribution in [-0.4, -0.2) is 45.0 Å². The second-order valence-electron chi connectivity index (χ2n) is 8.92. The molecule has 0 aliphatic carbocycles. The van der Waals surface area contributed by atoms with E-state index in [1.165, 1.54) is 11.3 Å². The Morgan fingerprint density at radius 3 is 2.59 bits per heavy atom. The number of nitrogens with zero attached hydrogens (tertiary/aromatic N) is 3. The molecule has 0 N–H and O–H groups in total.